The summed E-state index contributed by atoms with van der Waals surface area (Å²) in [5.74, 6) is 0. The highest BCUT2D eigenvalue weighted by Crippen LogP contribution is 2.21. The smallest absolute Gasteiger partial charge is 0.0923 e. The molecule has 0 N–H and O–H groups in total. The minimum absolute atomic E-state index is 0.973. The quantitative estimate of drug-likeness (QED) is 0.542. The van der Waals surface area contributed by atoms with Crippen LogP contribution >= 0.6 is 0 Å². The van der Waals surface area contributed by atoms with Gasteiger partial charge in [0.05, 0.1) is 22.1 Å². The Morgan fingerprint density at radius 2 is 1.35 bits per heavy atom. The number of aromatic nitrogens is 2. The van der Waals surface area contributed by atoms with Gasteiger partial charge in [-0.3, -0.25) is 0 Å². The van der Waals surface area contributed by atoms with Gasteiger partial charge in [-0.25, -0.2) is 9.97 Å². The highest BCUT2D eigenvalue weighted by atomic mass is 14.8. The molecule has 2 nitrogen and oxygen atoms in total. The minimum atomic E-state index is 0.973. The lowest BCUT2D eigenvalue weighted by molar-refractivity contribution is 1.30. The molecule has 0 spiro atoms. The van der Waals surface area contributed by atoms with E-state index in [9.17, 15) is 0 Å². The molecule has 17 heavy (non-hydrogen) atoms. The predicted molar refractivity (Wildman–Crippen MR) is 71.3 cm³/mol. The molecule has 2 aromatic carbocycles. The van der Waals surface area contributed by atoms with E-state index in [0.717, 1.165) is 22.1 Å². The fourth-order valence-corrected chi connectivity index (χ4v) is 2.09. The molecular formula is C15H14N2. The van der Waals surface area contributed by atoms with Crippen molar-refractivity contribution in [3.63, 3.8) is 0 Å². The summed E-state index contributed by atoms with van der Waals surface area (Å²) < 4.78 is 0. The average Bonchev–Trinajstić information content (AvgIpc) is 2.29. The molecule has 0 saturated carbocycles. The summed E-state index contributed by atoms with van der Waals surface area (Å²) in [6.45, 7) is 6.29. The summed E-state index contributed by atoms with van der Waals surface area (Å²) in [5.41, 5.74) is 7.64. The zero-order chi connectivity index (χ0) is 12.0. The fraction of sp³-hybridized carbons (Fsp3) is 0.200. The minimum Gasteiger partial charge on any atom is -0.244 e. The Hall–Kier alpha value is -1.96. The zero-order valence-electron chi connectivity index (χ0n) is 10.3. The van der Waals surface area contributed by atoms with Crippen molar-refractivity contribution >= 4 is 22.1 Å². The maximum absolute atomic E-state index is 4.72. The van der Waals surface area contributed by atoms with Gasteiger partial charge in [0.15, 0.2) is 0 Å². The largest absolute Gasteiger partial charge is 0.244 e. The second-order valence-electron chi connectivity index (χ2n) is 4.59. The molecule has 1 aromatic heterocycles. The zero-order valence-corrected chi connectivity index (χ0v) is 10.3. The number of rotatable bonds is 0. The lowest BCUT2D eigenvalue weighted by atomic mass is 10.1. The Morgan fingerprint density at radius 3 is 2.06 bits per heavy atom. The Labute approximate surface area is 100 Å². The maximum Gasteiger partial charge on any atom is 0.0923 e. The Kier molecular flexibility index (Phi) is 2.11. The number of fused-ring (bicyclic) bond motifs is 2. The average molecular weight is 222 g/mol. The van der Waals surface area contributed by atoms with Crippen molar-refractivity contribution in [1.29, 1.82) is 0 Å². The lowest BCUT2D eigenvalue weighted by Crippen LogP contribution is -1.91. The van der Waals surface area contributed by atoms with Crippen LogP contribution in [0.1, 0.15) is 16.7 Å². The molecule has 0 aliphatic carbocycles. The first-order chi connectivity index (χ1) is 8.15. The highest BCUT2D eigenvalue weighted by Gasteiger charge is 2.05. The van der Waals surface area contributed by atoms with E-state index in [1.165, 1.54) is 16.7 Å². The van der Waals surface area contributed by atoms with Crippen LogP contribution in [0.2, 0.25) is 0 Å². The molecule has 0 unspecified atom stereocenters. The van der Waals surface area contributed by atoms with Crippen LogP contribution in [0.25, 0.3) is 22.1 Å². The van der Waals surface area contributed by atoms with E-state index in [-0.39, 0.29) is 0 Å². The van der Waals surface area contributed by atoms with Crippen LogP contribution in [-0.4, -0.2) is 9.97 Å². The van der Waals surface area contributed by atoms with Crippen LogP contribution in [0.15, 0.2) is 30.3 Å². The Bertz CT molecular complexity index is 730. The van der Waals surface area contributed by atoms with E-state index in [4.69, 9.17) is 4.98 Å². The molecule has 3 rings (SSSR count). The van der Waals surface area contributed by atoms with E-state index >= 15 is 0 Å². The molecule has 0 fully saturated rings. The maximum atomic E-state index is 4.72. The third kappa shape index (κ3) is 1.57. The molecule has 2 heteroatoms. The van der Waals surface area contributed by atoms with Crippen molar-refractivity contribution in [3.05, 3.63) is 47.0 Å². The van der Waals surface area contributed by atoms with Crippen molar-refractivity contribution < 1.29 is 0 Å². The summed E-state index contributed by atoms with van der Waals surface area (Å²) in [4.78, 5) is 9.39. The van der Waals surface area contributed by atoms with Gasteiger partial charge >= 0.3 is 0 Å². The van der Waals surface area contributed by atoms with Gasteiger partial charge in [0, 0.05) is 0 Å². The van der Waals surface area contributed by atoms with E-state index in [2.05, 4.69) is 44.0 Å². The fourth-order valence-electron chi connectivity index (χ4n) is 2.09. The standard InChI is InChI=1S/C15H14N2/c1-9-5-4-6-12-15(9)17-14-8-11(3)10(2)7-13(14)16-12/h4-8H,1-3H3. The van der Waals surface area contributed by atoms with Crippen LogP contribution in [0, 0.1) is 20.8 Å². The van der Waals surface area contributed by atoms with Gasteiger partial charge in [-0.2, -0.15) is 0 Å². The van der Waals surface area contributed by atoms with Crippen molar-refractivity contribution in [2.75, 3.05) is 0 Å². The Balaban J connectivity index is 2.48. The topological polar surface area (TPSA) is 25.8 Å². The molecule has 0 aliphatic rings. The van der Waals surface area contributed by atoms with Crippen LogP contribution in [0.5, 0.6) is 0 Å². The molecule has 0 saturated heterocycles. The van der Waals surface area contributed by atoms with Gasteiger partial charge in [0.25, 0.3) is 0 Å². The predicted octanol–water partition coefficient (Wildman–Crippen LogP) is 3.71. The highest BCUT2D eigenvalue weighted by molar-refractivity contribution is 5.88. The molecule has 3 aromatic rings. The van der Waals surface area contributed by atoms with Crippen LogP contribution < -0.4 is 0 Å². The number of para-hydroxylation sites is 1. The van der Waals surface area contributed by atoms with E-state index in [1.54, 1.807) is 0 Å². The monoisotopic (exact) mass is 222 g/mol. The number of hydrogen-bond acceptors (Lipinski definition) is 2. The van der Waals surface area contributed by atoms with Crippen LogP contribution in [-0.2, 0) is 0 Å². The summed E-state index contributed by atoms with van der Waals surface area (Å²) in [6.07, 6.45) is 0. The second-order valence-corrected chi connectivity index (χ2v) is 4.59. The van der Waals surface area contributed by atoms with Gasteiger partial charge in [0.1, 0.15) is 0 Å². The van der Waals surface area contributed by atoms with Gasteiger partial charge in [-0.15, -0.1) is 0 Å². The molecule has 0 atom stereocenters. The van der Waals surface area contributed by atoms with Gasteiger partial charge < -0.3 is 0 Å². The summed E-state index contributed by atoms with van der Waals surface area (Å²) in [5, 5.41) is 0. The van der Waals surface area contributed by atoms with Crippen LogP contribution in [0.4, 0.5) is 0 Å². The summed E-state index contributed by atoms with van der Waals surface area (Å²) in [6, 6.07) is 10.3. The van der Waals surface area contributed by atoms with E-state index in [0.29, 0.717) is 0 Å². The van der Waals surface area contributed by atoms with Crippen molar-refractivity contribution in [1.82, 2.24) is 9.97 Å². The lowest BCUT2D eigenvalue weighted by Gasteiger charge is -2.06. The van der Waals surface area contributed by atoms with Crippen molar-refractivity contribution in [2.24, 2.45) is 0 Å². The number of aryl methyl sites for hydroxylation is 3. The normalized spacial score (nSPS) is 11.2. The molecule has 0 amide bonds. The molecule has 1 heterocycles. The van der Waals surface area contributed by atoms with Gasteiger partial charge in [0.2, 0.25) is 0 Å². The van der Waals surface area contributed by atoms with Gasteiger partial charge in [-0.1, -0.05) is 12.1 Å². The number of benzene rings is 2. The van der Waals surface area contributed by atoms with Gasteiger partial charge in [-0.05, 0) is 55.7 Å². The van der Waals surface area contributed by atoms with Crippen molar-refractivity contribution in [2.45, 2.75) is 20.8 Å². The summed E-state index contributed by atoms with van der Waals surface area (Å²) in [7, 11) is 0. The SMILES string of the molecule is Cc1cc2nc3cccc(C)c3nc2cc1C. The number of nitrogens with zero attached hydrogens (tertiary/aromatic N) is 2. The number of hydrogen-bond donors (Lipinski definition) is 0. The van der Waals surface area contributed by atoms with Crippen molar-refractivity contribution in [3.8, 4) is 0 Å². The molecule has 0 radical (unpaired) electrons. The van der Waals surface area contributed by atoms with E-state index < -0.39 is 0 Å². The van der Waals surface area contributed by atoms with Crippen LogP contribution in [0.3, 0.4) is 0 Å². The molecule has 84 valence electrons. The third-order valence-electron chi connectivity index (χ3n) is 3.28. The first-order valence-electron chi connectivity index (χ1n) is 5.79. The second kappa shape index (κ2) is 3.52. The molecule has 0 aliphatic heterocycles. The molecular weight excluding hydrogens is 208 g/mol. The Morgan fingerprint density at radius 1 is 0.706 bits per heavy atom. The first-order valence-corrected chi connectivity index (χ1v) is 5.79. The van der Waals surface area contributed by atoms with E-state index in [1.807, 2.05) is 12.1 Å². The third-order valence-corrected chi connectivity index (χ3v) is 3.28. The first kappa shape index (κ1) is 10.2. The summed E-state index contributed by atoms with van der Waals surface area (Å²) >= 11 is 0. The molecule has 0 bridgehead atoms.